The number of thiazole rings is 1. The van der Waals surface area contributed by atoms with Gasteiger partial charge in [-0.05, 0) is 32.1 Å². The molecule has 1 aromatic heterocycles. The number of aromatic nitrogens is 1. The third-order valence-corrected chi connectivity index (χ3v) is 5.42. The zero-order valence-electron chi connectivity index (χ0n) is 13.4. The number of nitrogens with zero attached hydrogens (tertiary/aromatic N) is 1. The first-order valence-corrected chi connectivity index (χ1v) is 8.50. The van der Waals surface area contributed by atoms with Crippen LogP contribution < -0.4 is 5.32 Å². The Balaban J connectivity index is 2.01. The lowest BCUT2D eigenvalue weighted by atomic mass is 9.80. The first kappa shape index (κ1) is 15.9. The summed E-state index contributed by atoms with van der Waals surface area (Å²) >= 11 is 1.83. The minimum absolute atomic E-state index is 0.106. The number of aryl methyl sites for hydroxylation is 2. The van der Waals surface area contributed by atoms with E-state index in [4.69, 9.17) is 0 Å². The molecule has 20 heavy (non-hydrogen) atoms. The van der Waals surface area contributed by atoms with Crippen LogP contribution in [0, 0.1) is 18.3 Å². The molecule has 0 amide bonds. The summed E-state index contributed by atoms with van der Waals surface area (Å²) < 4.78 is 0. The second-order valence-corrected chi connectivity index (χ2v) is 8.28. The largest absolute Gasteiger partial charge is 0.392 e. The van der Waals surface area contributed by atoms with E-state index in [1.807, 2.05) is 11.3 Å². The lowest BCUT2D eigenvalue weighted by Gasteiger charge is -2.35. The molecule has 2 unspecified atom stereocenters. The van der Waals surface area contributed by atoms with E-state index in [9.17, 15) is 5.11 Å². The molecule has 0 radical (unpaired) electrons. The molecular formula is C16H28N2OS. The molecule has 0 fully saturated rings. The smallest absolute Gasteiger partial charge is 0.0900 e. The maximum atomic E-state index is 10.3. The molecule has 1 aliphatic rings. The van der Waals surface area contributed by atoms with Crippen molar-refractivity contribution in [1.82, 2.24) is 10.3 Å². The fourth-order valence-corrected chi connectivity index (χ4v) is 4.21. The Labute approximate surface area is 126 Å². The van der Waals surface area contributed by atoms with Gasteiger partial charge in [-0.15, -0.1) is 11.3 Å². The van der Waals surface area contributed by atoms with Gasteiger partial charge in [0.2, 0.25) is 0 Å². The van der Waals surface area contributed by atoms with Crippen molar-refractivity contribution < 1.29 is 5.11 Å². The molecule has 0 aliphatic heterocycles. The second kappa shape index (κ2) is 6.12. The summed E-state index contributed by atoms with van der Waals surface area (Å²) in [5.41, 5.74) is 1.18. The molecule has 4 heteroatoms. The van der Waals surface area contributed by atoms with Crippen LogP contribution >= 0.6 is 11.3 Å². The third kappa shape index (κ3) is 3.41. The van der Waals surface area contributed by atoms with E-state index in [0.29, 0.717) is 12.0 Å². The molecule has 2 atom stereocenters. The van der Waals surface area contributed by atoms with E-state index in [1.54, 1.807) is 0 Å². The number of fused-ring (bicyclic) bond motifs is 1. The van der Waals surface area contributed by atoms with Crippen molar-refractivity contribution >= 4 is 11.3 Å². The SMILES string of the molecule is Cc1nc2c(s1)C(NCC(C)(C)C(O)C(C)C)CCC2. The fourth-order valence-electron chi connectivity index (χ4n) is 3.13. The quantitative estimate of drug-likeness (QED) is 0.874. The molecule has 114 valence electrons. The van der Waals surface area contributed by atoms with E-state index in [-0.39, 0.29) is 11.5 Å². The topological polar surface area (TPSA) is 45.2 Å². The van der Waals surface area contributed by atoms with Gasteiger partial charge in [-0.3, -0.25) is 0 Å². The van der Waals surface area contributed by atoms with Crippen LogP contribution in [0.2, 0.25) is 0 Å². The number of nitrogens with one attached hydrogen (secondary N) is 1. The first-order chi connectivity index (χ1) is 9.31. The number of aliphatic hydroxyl groups is 1. The standard InChI is InChI=1S/C16H28N2OS/c1-10(2)15(19)16(4,5)9-17-12-7-6-8-13-14(12)20-11(3)18-13/h10,12,15,17,19H,6-9H2,1-5H3. The summed E-state index contributed by atoms with van der Waals surface area (Å²) in [6, 6.07) is 0.420. The Hall–Kier alpha value is -0.450. The average molecular weight is 296 g/mol. The number of aliphatic hydroxyl groups excluding tert-OH is 1. The highest BCUT2D eigenvalue weighted by Gasteiger charge is 2.32. The van der Waals surface area contributed by atoms with Crippen molar-refractivity contribution in [3.63, 3.8) is 0 Å². The van der Waals surface area contributed by atoms with E-state index in [0.717, 1.165) is 13.0 Å². The van der Waals surface area contributed by atoms with E-state index >= 15 is 0 Å². The first-order valence-electron chi connectivity index (χ1n) is 7.69. The van der Waals surface area contributed by atoms with Crippen LogP contribution in [0.3, 0.4) is 0 Å². The normalized spacial score (nSPS) is 21.1. The third-order valence-electron chi connectivity index (χ3n) is 4.29. The van der Waals surface area contributed by atoms with Gasteiger partial charge in [0.1, 0.15) is 0 Å². The Morgan fingerprint density at radius 3 is 2.80 bits per heavy atom. The average Bonchev–Trinajstić information content (AvgIpc) is 2.75. The van der Waals surface area contributed by atoms with Crippen molar-refractivity contribution in [3.8, 4) is 0 Å². The molecule has 1 heterocycles. The van der Waals surface area contributed by atoms with E-state index in [1.165, 1.54) is 28.4 Å². The number of rotatable bonds is 5. The van der Waals surface area contributed by atoms with Crippen molar-refractivity contribution in [3.05, 3.63) is 15.6 Å². The van der Waals surface area contributed by atoms with Crippen LogP contribution in [-0.4, -0.2) is 22.7 Å². The van der Waals surface area contributed by atoms with Gasteiger partial charge in [-0.2, -0.15) is 0 Å². The highest BCUT2D eigenvalue weighted by atomic mass is 32.1. The Morgan fingerprint density at radius 1 is 1.45 bits per heavy atom. The fraction of sp³-hybridized carbons (Fsp3) is 0.812. The van der Waals surface area contributed by atoms with Gasteiger partial charge in [0.05, 0.1) is 16.8 Å². The van der Waals surface area contributed by atoms with Gasteiger partial charge in [0.15, 0.2) is 0 Å². The summed E-state index contributed by atoms with van der Waals surface area (Å²) in [7, 11) is 0. The van der Waals surface area contributed by atoms with Crippen molar-refractivity contribution in [2.24, 2.45) is 11.3 Å². The van der Waals surface area contributed by atoms with Crippen LogP contribution in [0.4, 0.5) is 0 Å². The highest BCUT2D eigenvalue weighted by molar-refractivity contribution is 7.11. The van der Waals surface area contributed by atoms with Crippen LogP contribution in [0.15, 0.2) is 0 Å². The highest BCUT2D eigenvalue weighted by Crippen LogP contribution is 2.35. The summed E-state index contributed by atoms with van der Waals surface area (Å²) in [5.74, 6) is 0.291. The van der Waals surface area contributed by atoms with Crippen molar-refractivity contribution in [2.45, 2.75) is 66.0 Å². The summed E-state index contributed by atoms with van der Waals surface area (Å²) in [6.07, 6.45) is 3.24. The van der Waals surface area contributed by atoms with Gasteiger partial charge < -0.3 is 10.4 Å². The lowest BCUT2D eigenvalue weighted by Crippen LogP contribution is -2.43. The van der Waals surface area contributed by atoms with Crippen molar-refractivity contribution in [2.75, 3.05) is 6.54 Å². The molecule has 0 bridgehead atoms. The molecule has 0 spiro atoms. The van der Waals surface area contributed by atoms with E-state index < -0.39 is 0 Å². The molecule has 2 N–H and O–H groups in total. The summed E-state index contributed by atoms with van der Waals surface area (Å²) in [4.78, 5) is 6.06. The maximum Gasteiger partial charge on any atom is 0.0900 e. The summed E-state index contributed by atoms with van der Waals surface area (Å²) in [6.45, 7) is 11.4. The van der Waals surface area contributed by atoms with Gasteiger partial charge in [0, 0.05) is 22.9 Å². The molecule has 2 rings (SSSR count). The van der Waals surface area contributed by atoms with Gasteiger partial charge in [0.25, 0.3) is 0 Å². The zero-order chi connectivity index (χ0) is 14.9. The Kier molecular flexibility index (Phi) is 4.88. The Bertz CT molecular complexity index is 453. The minimum atomic E-state index is -0.277. The van der Waals surface area contributed by atoms with Crippen LogP contribution in [0.25, 0.3) is 0 Å². The number of hydrogen-bond acceptors (Lipinski definition) is 4. The van der Waals surface area contributed by atoms with Gasteiger partial charge >= 0.3 is 0 Å². The minimum Gasteiger partial charge on any atom is -0.392 e. The van der Waals surface area contributed by atoms with Gasteiger partial charge in [-0.25, -0.2) is 4.98 Å². The van der Waals surface area contributed by atoms with E-state index in [2.05, 4.69) is 44.9 Å². The predicted octanol–water partition coefficient (Wildman–Crippen LogP) is 3.46. The molecule has 3 nitrogen and oxygen atoms in total. The molecule has 0 saturated heterocycles. The van der Waals surface area contributed by atoms with Crippen LogP contribution in [0.1, 0.15) is 62.2 Å². The maximum absolute atomic E-state index is 10.3. The predicted molar refractivity (Wildman–Crippen MR) is 85.2 cm³/mol. The summed E-state index contributed by atoms with van der Waals surface area (Å²) in [5, 5.41) is 15.2. The zero-order valence-corrected chi connectivity index (χ0v) is 14.2. The van der Waals surface area contributed by atoms with Crippen LogP contribution in [0.5, 0.6) is 0 Å². The van der Waals surface area contributed by atoms with Crippen LogP contribution in [-0.2, 0) is 6.42 Å². The van der Waals surface area contributed by atoms with Crippen molar-refractivity contribution in [1.29, 1.82) is 0 Å². The Morgan fingerprint density at radius 2 is 2.15 bits per heavy atom. The number of hydrogen-bond donors (Lipinski definition) is 2. The molecule has 0 saturated carbocycles. The molecular weight excluding hydrogens is 268 g/mol. The monoisotopic (exact) mass is 296 g/mol. The second-order valence-electron chi connectivity index (χ2n) is 7.05. The molecule has 1 aromatic rings. The molecule has 0 aromatic carbocycles. The van der Waals surface area contributed by atoms with Gasteiger partial charge in [-0.1, -0.05) is 27.7 Å². The molecule has 1 aliphatic carbocycles. The lowest BCUT2D eigenvalue weighted by molar-refractivity contribution is 0.0118.